The third-order valence-corrected chi connectivity index (χ3v) is 2.13. The fourth-order valence-electron chi connectivity index (χ4n) is 1.13. The highest BCUT2D eigenvalue weighted by Crippen LogP contribution is 2.25. The number of hydrogen-bond acceptors (Lipinski definition) is 3. The molecule has 94 valence electrons. The average molecular weight is 249 g/mol. The third-order valence-electron chi connectivity index (χ3n) is 2.13. The number of rotatable bonds is 3. The van der Waals surface area contributed by atoms with Gasteiger partial charge in [-0.25, -0.2) is 4.79 Å². The molecule has 1 aromatic carbocycles. The maximum Gasteiger partial charge on any atom is 0.573 e. The van der Waals surface area contributed by atoms with E-state index in [9.17, 15) is 18.0 Å². The monoisotopic (exact) mass is 249 g/mol. The van der Waals surface area contributed by atoms with Crippen molar-refractivity contribution >= 4 is 5.97 Å². The zero-order valence-electron chi connectivity index (χ0n) is 8.78. The second-order valence-electron chi connectivity index (χ2n) is 3.58. The molecule has 0 radical (unpaired) electrons. The minimum absolute atomic E-state index is 0.180. The number of benzene rings is 1. The number of carboxylic acid groups (broad SMARTS) is 1. The van der Waals surface area contributed by atoms with E-state index < -0.39 is 23.6 Å². The van der Waals surface area contributed by atoms with Gasteiger partial charge < -0.3 is 15.6 Å². The molecule has 7 heteroatoms. The average Bonchev–Trinajstić information content (AvgIpc) is 2.15. The topological polar surface area (TPSA) is 72.6 Å². The Balaban J connectivity index is 2.93. The third kappa shape index (κ3) is 3.35. The second-order valence-corrected chi connectivity index (χ2v) is 3.58. The quantitative estimate of drug-likeness (QED) is 0.857. The molecule has 0 bridgehead atoms. The summed E-state index contributed by atoms with van der Waals surface area (Å²) in [7, 11) is 0. The molecule has 1 unspecified atom stereocenters. The minimum Gasteiger partial charge on any atom is -0.480 e. The summed E-state index contributed by atoms with van der Waals surface area (Å²) >= 11 is 0. The second kappa shape index (κ2) is 4.25. The molecule has 0 saturated carbocycles. The zero-order valence-corrected chi connectivity index (χ0v) is 8.78. The molecule has 0 aromatic heterocycles. The fourth-order valence-corrected chi connectivity index (χ4v) is 1.13. The van der Waals surface area contributed by atoms with Crippen LogP contribution in [0.4, 0.5) is 13.2 Å². The Morgan fingerprint density at radius 2 is 1.76 bits per heavy atom. The van der Waals surface area contributed by atoms with Crippen molar-refractivity contribution < 1.29 is 27.8 Å². The molecular formula is C10H10F3NO3. The van der Waals surface area contributed by atoms with E-state index in [0.29, 0.717) is 0 Å². The molecule has 0 aliphatic rings. The van der Waals surface area contributed by atoms with Crippen molar-refractivity contribution in [2.75, 3.05) is 0 Å². The first-order chi connectivity index (χ1) is 7.63. The van der Waals surface area contributed by atoms with Crippen LogP contribution in [0.15, 0.2) is 24.3 Å². The number of alkyl halides is 3. The molecule has 4 nitrogen and oxygen atoms in total. The number of carbonyl (C=O) groups is 1. The van der Waals surface area contributed by atoms with Gasteiger partial charge in [0.1, 0.15) is 11.3 Å². The molecule has 3 N–H and O–H groups in total. The van der Waals surface area contributed by atoms with Gasteiger partial charge >= 0.3 is 12.3 Å². The molecular weight excluding hydrogens is 239 g/mol. The summed E-state index contributed by atoms with van der Waals surface area (Å²) in [5, 5.41) is 8.81. The van der Waals surface area contributed by atoms with Crippen LogP contribution in [-0.4, -0.2) is 17.4 Å². The van der Waals surface area contributed by atoms with Crippen molar-refractivity contribution in [1.29, 1.82) is 0 Å². The van der Waals surface area contributed by atoms with Crippen LogP contribution in [0.2, 0.25) is 0 Å². The highest BCUT2D eigenvalue weighted by Gasteiger charge is 2.32. The van der Waals surface area contributed by atoms with Crippen molar-refractivity contribution in [3.05, 3.63) is 29.8 Å². The lowest BCUT2D eigenvalue weighted by Crippen LogP contribution is -2.41. The Bertz CT molecular complexity index is 412. The van der Waals surface area contributed by atoms with E-state index in [1.807, 2.05) is 0 Å². The van der Waals surface area contributed by atoms with Crippen LogP contribution >= 0.6 is 0 Å². The summed E-state index contributed by atoms with van der Waals surface area (Å²) in [4.78, 5) is 10.8. The van der Waals surface area contributed by atoms with Crippen LogP contribution in [-0.2, 0) is 10.3 Å². The Morgan fingerprint density at radius 1 is 1.29 bits per heavy atom. The normalized spacial score (nSPS) is 15.1. The van der Waals surface area contributed by atoms with Crippen molar-refractivity contribution in [2.24, 2.45) is 5.73 Å². The van der Waals surface area contributed by atoms with Crippen LogP contribution in [0.3, 0.4) is 0 Å². The van der Waals surface area contributed by atoms with E-state index >= 15 is 0 Å². The van der Waals surface area contributed by atoms with Gasteiger partial charge in [-0.3, -0.25) is 0 Å². The first-order valence-corrected chi connectivity index (χ1v) is 4.51. The van der Waals surface area contributed by atoms with E-state index in [1.54, 1.807) is 0 Å². The summed E-state index contributed by atoms with van der Waals surface area (Å²) < 4.78 is 39.2. The van der Waals surface area contributed by atoms with E-state index in [-0.39, 0.29) is 5.56 Å². The summed E-state index contributed by atoms with van der Waals surface area (Å²) in [6.45, 7) is 1.24. The summed E-state index contributed by atoms with van der Waals surface area (Å²) in [5.74, 6) is -1.70. The van der Waals surface area contributed by atoms with Crippen LogP contribution in [0.5, 0.6) is 5.75 Å². The number of halogens is 3. The standard InChI is InChI=1S/C10H10F3NO3/c1-9(14,8(15)16)6-2-4-7(5-3-6)17-10(11,12)13/h2-5H,14H2,1H3,(H,15,16). The zero-order chi connectivity index (χ0) is 13.3. The summed E-state index contributed by atoms with van der Waals surface area (Å²) in [6.07, 6.45) is -4.78. The summed E-state index contributed by atoms with van der Waals surface area (Å²) in [5.41, 5.74) is 4.02. The predicted octanol–water partition coefficient (Wildman–Crippen LogP) is 1.84. The van der Waals surface area contributed by atoms with Crippen molar-refractivity contribution in [1.82, 2.24) is 0 Å². The Kier molecular flexibility index (Phi) is 3.33. The number of hydrogen-bond donors (Lipinski definition) is 2. The molecule has 1 atom stereocenters. The minimum atomic E-state index is -4.78. The highest BCUT2D eigenvalue weighted by molar-refractivity contribution is 5.79. The van der Waals surface area contributed by atoms with E-state index in [0.717, 1.165) is 12.1 Å². The van der Waals surface area contributed by atoms with Crippen molar-refractivity contribution in [2.45, 2.75) is 18.8 Å². The molecule has 0 aliphatic carbocycles. The van der Waals surface area contributed by atoms with Gasteiger partial charge in [-0.2, -0.15) is 0 Å². The van der Waals surface area contributed by atoms with E-state index in [1.165, 1.54) is 19.1 Å². The lowest BCUT2D eigenvalue weighted by atomic mass is 9.93. The Hall–Kier alpha value is -1.76. The van der Waals surface area contributed by atoms with Gasteiger partial charge in [0.15, 0.2) is 0 Å². The number of aliphatic carboxylic acids is 1. The van der Waals surface area contributed by atoms with Crippen LogP contribution in [0, 0.1) is 0 Å². The molecule has 0 spiro atoms. The fraction of sp³-hybridized carbons (Fsp3) is 0.300. The molecule has 0 amide bonds. The van der Waals surface area contributed by atoms with Gasteiger partial charge in [0.25, 0.3) is 0 Å². The van der Waals surface area contributed by atoms with Gasteiger partial charge in [0.2, 0.25) is 0 Å². The molecule has 0 heterocycles. The van der Waals surface area contributed by atoms with Crippen LogP contribution in [0.1, 0.15) is 12.5 Å². The predicted molar refractivity (Wildman–Crippen MR) is 52.3 cm³/mol. The first kappa shape index (κ1) is 13.3. The highest BCUT2D eigenvalue weighted by atomic mass is 19.4. The molecule has 0 fully saturated rings. The maximum atomic E-state index is 11.9. The summed E-state index contributed by atoms with van der Waals surface area (Å²) in [6, 6.07) is 4.37. The maximum absolute atomic E-state index is 11.9. The van der Waals surface area contributed by atoms with Gasteiger partial charge in [-0.15, -0.1) is 13.2 Å². The van der Waals surface area contributed by atoms with E-state index in [2.05, 4.69) is 4.74 Å². The SMILES string of the molecule is CC(N)(C(=O)O)c1ccc(OC(F)(F)F)cc1. The number of ether oxygens (including phenoxy) is 1. The van der Waals surface area contributed by atoms with Crippen molar-refractivity contribution in [3.63, 3.8) is 0 Å². The molecule has 0 aliphatic heterocycles. The largest absolute Gasteiger partial charge is 0.573 e. The first-order valence-electron chi connectivity index (χ1n) is 4.51. The van der Waals surface area contributed by atoms with Crippen LogP contribution < -0.4 is 10.5 Å². The lowest BCUT2D eigenvalue weighted by Gasteiger charge is -2.20. The number of nitrogens with two attached hydrogens (primary N) is 1. The molecule has 0 saturated heterocycles. The Labute approximate surface area is 94.8 Å². The Morgan fingerprint density at radius 3 is 2.12 bits per heavy atom. The lowest BCUT2D eigenvalue weighted by molar-refractivity contribution is -0.274. The van der Waals surface area contributed by atoms with Gasteiger partial charge in [0.05, 0.1) is 0 Å². The molecule has 1 rings (SSSR count). The van der Waals surface area contributed by atoms with Gasteiger partial charge in [0, 0.05) is 0 Å². The van der Waals surface area contributed by atoms with Gasteiger partial charge in [-0.1, -0.05) is 12.1 Å². The molecule has 1 aromatic rings. The van der Waals surface area contributed by atoms with E-state index in [4.69, 9.17) is 10.8 Å². The molecule has 17 heavy (non-hydrogen) atoms. The van der Waals surface area contributed by atoms with Crippen molar-refractivity contribution in [3.8, 4) is 5.75 Å². The smallest absolute Gasteiger partial charge is 0.480 e. The number of carboxylic acids is 1. The van der Waals surface area contributed by atoms with Crippen LogP contribution in [0.25, 0.3) is 0 Å². The van der Waals surface area contributed by atoms with Gasteiger partial charge in [-0.05, 0) is 24.6 Å².